The molecule has 1 aromatic rings. The molecule has 5 heteroatoms. The van der Waals surface area contributed by atoms with E-state index in [2.05, 4.69) is 17.4 Å². The Labute approximate surface area is 87.5 Å². The van der Waals surface area contributed by atoms with Gasteiger partial charge in [-0.3, -0.25) is 0 Å². The van der Waals surface area contributed by atoms with Crippen LogP contribution in [0.4, 0.5) is 0 Å². The Morgan fingerprint density at radius 3 is 3.07 bits per heavy atom. The lowest BCUT2D eigenvalue weighted by molar-refractivity contribution is 0.0685. The predicted octanol–water partition coefficient (Wildman–Crippen LogP) is 1.12. The highest BCUT2D eigenvalue weighted by atomic mass is 16.5. The third-order valence-corrected chi connectivity index (χ3v) is 2.76. The summed E-state index contributed by atoms with van der Waals surface area (Å²) < 4.78 is 4.86. The second kappa shape index (κ2) is 4.02. The van der Waals surface area contributed by atoms with Crippen LogP contribution in [0.25, 0.3) is 0 Å². The average Bonchev–Trinajstić information content (AvgIpc) is 2.71. The predicted molar refractivity (Wildman–Crippen MR) is 52.4 cm³/mol. The van der Waals surface area contributed by atoms with Crippen LogP contribution in [0.3, 0.4) is 0 Å². The summed E-state index contributed by atoms with van der Waals surface area (Å²) in [7, 11) is 0. The van der Waals surface area contributed by atoms with Crippen molar-refractivity contribution in [2.45, 2.75) is 19.9 Å². The second-order valence-electron chi connectivity index (χ2n) is 4.09. The Morgan fingerprint density at radius 1 is 1.80 bits per heavy atom. The van der Waals surface area contributed by atoms with Crippen LogP contribution < -0.4 is 5.32 Å². The number of hydrogen-bond acceptors (Lipinski definition) is 4. The van der Waals surface area contributed by atoms with Crippen molar-refractivity contribution in [2.75, 3.05) is 6.54 Å². The number of hydrogen-bond donors (Lipinski definition) is 2. The van der Waals surface area contributed by atoms with Gasteiger partial charge >= 0.3 is 5.97 Å². The van der Waals surface area contributed by atoms with Gasteiger partial charge in [0.15, 0.2) is 11.5 Å². The first kappa shape index (κ1) is 10.2. The molecule has 82 valence electrons. The molecule has 1 saturated carbocycles. The summed E-state index contributed by atoms with van der Waals surface area (Å²) in [6, 6.07) is 1.45. The zero-order valence-electron chi connectivity index (χ0n) is 8.56. The van der Waals surface area contributed by atoms with Crippen LogP contribution >= 0.6 is 0 Å². The van der Waals surface area contributed by atoms with Gasteiger partial charge in [0.05, 0.1) is 6.54 Å². The van der Waals surface area contributed by atoms with E-state index in [4.69, 9.17) is 9.63 Å². The molecule has 0 spiro atoms. The van der Waals surface area contributed by atoms with Gasteiger partial charge in [-0.1, -0.05) is 12.1 Å². The van der Waals surface area contributed by atoms with E-state index in [0.717, 1.165) is 18.4 Å². The van der Waals surface area contributed by atoms with Crippen molar-refractivity contribution in [2.24, 2.45) is 11.8 Å². The molecule has 0 saturated heterocycles. The van der Waals surface area contributed by atoms with E-state index in [0.29, 0.717) is 12.3 Å². The van der Waals surface area contributed by atoms with Crippen LogP contribution in [-0.2, 0) is 6.54 Å². The molecule has 0 bridgehead atoms. The van der Waals surface area contributed by atoms with Crippen LogP contribution in [0.15, 0.2) is 10.6 Å². The molecular formula is C10H14N2O3. The molecular weight excluding hydrogens is 196 g/mol. The van der Waals surface area contributed by atoms with Crippen molar-refractivity contribution < 1.29 is 14.4 Å². The molecule has 0 aliphatic heterocycles. The topological polar surface area (TPSA) is 75.4 Å². The summed E-state index contributed by atoms with van der Waals surface area (Å²) in [6.45, 7) is 3.73. The molecule has 0 amide bonds. The Bertz CT molecular complexity index is 361. The van der Waals surface area contributed by atoms with Crippen molar-refractivity contribution >= 4 is 5.97 Å². The van der Waals surface area contributed by atoms with Crippen LogP contribution in [0.1, 0.15) is 29.6 Å². The van der Waals surface area contributed by atoms with Crippen molar-refractivity contribution in [3.63, 3.8) is 0 Å². The molecule has 1 aromatic heterocycles. The Morgan fingerprint density at radius 2 is 2.53 bits per heavy atom. The summed E-state index contributed by atoms with van der Waals surface area (Å²) in [6.07, 6.45) is 1.28. The smallest absolute Gasteiger partial charge is 0.358 e. The number of carboxylic acids is 1. The number of carbonyl (C=O) groups is 1. The van der Waals surface area contributed by atoms with E-state index in [1.165, 1.54) is 12.5 Å². The number of carboxylic acid groups (broad SMARTS) is 1. The monoisotopic (exact) mass is 210 g/mol. The van der Waals surface area contributed by atoms with E-state index in [-0.39, 0.29) is 5.69 Å². The van der Waals surface area contributed by atoms with E-state index < -0.39 is 5.97 Å². The van der Waals surface area contributed by atoms with Gasteiger partial charge in [-0.25, -0.2) is 4.79 Å². The zero-order chi connectivity index (χ0) is 10.8. The summed E-state index contributed by atoms with van der Waals surface area (Å²) in [5.41, 5.74) is -0.0356. The van der Waals surface area contributed by atoms with Gasteiger partial charge in [-0.2, -0.15) is 0 Å². The number of nitrogens with zero attached hydrogens (tertiary/aromatic N) is 1. The van der Waals surface area contributed by atoms with Gasteiger partial charge in [-0.15, -0.1) is 0 Å². The zero-order valence-corrected chi connectivity index (χ0v) is 8.56. The van der Waals surface area contributed by atoms with Gasteiger partial charge < -0.3 is 14.9 Å². The summed E-state index contributed by atoms with van der Waals surface area (Å²) in [5.74, 6) is 1.11. The molecule has 1 heterocycles. The molecule has 2 atom stereocenters. The molecule has 1 fully saturated rings. The Kier molecular flexibility index (Phi) is 2.73. The van der Waals surface area contributed by atoms with Gasteiger partial charge in [-0.05, 0) is 24.8 Å². The highest BCUT2D eigenvalue weighted by molar-refractivity contribution is 5.85. The third-order valence-electron chi connectivity index (χ3n) is 2.76. The van der Waals surface area contributed by atoms with Crippen LogP contribution in [0.2, 0.25) is 0 Å². The summed E-state index contributed by atoms with van der Waals surface area (Å²) in [4.78, 5) is 10.5. The maximum Gasteiger partial charge on any atom is 0.358 e. The molecule has 15 heavy (non-hydrogen) atoms. The van der Waals surface area contributed by atoms with Crippen LogP contribution in [0.5, 0.6) is 0 Å². The minimum Gasteiger partial charge on any atom is -0.476 e. The van der Waals surface area contributed by atoms with Crippen LogP contribution in [0, 0.1) is 11.8 Å². The lowest BCUT2D eigenvalue weighted by atomic mass is 10.3. The van der Waals surface area contributed by atoms with Crippen molar-refractivity contribution in [3.8, 4) is 0 Å². The van der Waals surface area contributed by atoms with Gasteiger partial charge in [0.1, 0.15) is 0 Å². The number of aromatic carboxylic acids is 1. The fourth-order valence-electron chi connectivity index (χ4n) is 1.56. The first-order chi connectivity index (χ1) is 7.16. The van der Waals surface area contributed by atoms with Gasteiger partial charge in [0, 0.05) is 6.07 Å². The molecule has 1 aliphatic carbocycles. The minimum absolute atomic E-state index is 0.0356. The van der Waals surface area contributed by atoms with E-state index in [1.54, 1.807) is 0 Å². The minimum atomic E-state index is -1.05. The Hall–Kier alpha value is -1.36. The largest absolute Gasteiger partial charge is 0.476 e. The van der Waals surface area contributed by atoms with E-state index in [1.807, 2.05) is 0 Å². The van der Waals surface area contributed by atoms with Crippen molar-refractivity contribution in [1.29, 1.82) is 0 Å². The second-order valence-corrected chi connectivity index (χ2v) is 4.09. The molecule has 2 rings (SSSR count). The maximum atomic E-state index is 10.5. The van der Waals surface area contributed by atoms with Crippen molar-refractivity contribution in [3.05, 3.63) is 17.5 Å². The van der Waals surface area contributed by atoms with Gasteiger partial charge in [0.2, 0.25) is 0 Å². The first-order valence-electron chi connectivity index (χ1n) is 5.06. The van der Waals surface area contributed by atoms with Crippen LogP contribution in [-0.4, -0.2) is 22.8 Å². The summed E-state index contributed by atoms with van der Waals surface area (Å²) in [5, 5.41) is 15.3. The quantitative estimate of drug-likeness (QED) is 0.761. The molecule has 2 N–H and O–H groups in total. The molecule has 0 aromatic carbocycles. The van der Waals surface area contributed by atoms with Gasteiger partial charge in [0.25, 0.3) is 0 Å². The molecule has 0 radical (unpaired) electrons. The number of rotatable bonds is 5. The standard InChI is InChI=1S/C10H14N2O3/c1-6-2-7(6)4-11-5-8-3-9(10(13)14)12-15-8/h3,6-7,11H,2,4-5H2,1H3,(H,13,14). The summed E-state index contributed by atoms with van der Waals surface area (Å²) >= 11 is 0. The van der Waals surface area contributed by atoms with E-state index in [9.17, 15) is 4.79 Å². The SMILES string of the molecule is CC1CC1CNCc1cc(C(=O)O)no1. The maximum absolute atomic E-state index is 10.5. The number of nitrogens with one attached hydrogen (secondary N) is 1. The number of aromatic nitrogens is 1. The normalized spacial score (nSPS) is 24.1. The molecule has 2 unspecified atom stereocenters. The average molecular weight is 210 g/mol. The fourth-order valence-corrected chi connectivity index (χ4v) is 1.56. The fraction of sp³-hybridized carbons (Fsp3) is 0.600. The highest BCUT2D eigenvalue weighted by Crippen LogP contribution is 2.36. The molecule has 5 nitrogen and oxygen atoms in total. The Balaban J connectivity index is 1.75. The van der Waals surface area contributed by atoms with Crippen molar-refractivity contribution in [1.82, 2.24) is 10.5 Å². The molecule has 1 aliphatic rings. The lowest BCUT2D eigenvalue weighted by Gasteiger charge is -1.98. The first-order valence-corrected chi connectivity index (χ1v) is 5.06. The highest BCUT2D eigenvalue weighted by Gasteiger charge is 2.31. The third kappa shape index (κ3) is 2.56. The van der Waals surface area contributed by atoms with E-state index >= 15 is 0 Å². The lowest BCUT2D eigenvalue weighted by Crippen LogP contribution is -2.16.